The van der Waals surface area contributed by atoms with Crippen LogP contribution in [0.1, 0.15) is 0 Å². The summed E-state index contributed by atoms with van der Waals surface area (Å²) >= 11 is 1.32. The standard InChI is InChI=1S/C17H13F2N3O3S/c18-17(19)24-13-6-5-11(9-14(13)25-17)21-10-16(23)22-12-3-1-2-4-15(12)26-8-7-20/h1-6,9,21H,8,10H2,(H,22,23). The maximum Gasteiger partial charge on any atom is 0.586 e. The van der Waals surface area contributed by atoms with Gasteiger partial charge >= 0.3 is 6.29 Å². The van der Waals surface area contributed by atoms with Crippen molar-refractivity contribution in [2.24, 2.45) is 0 Å². The van der Waals surface area contributed by atoms with E-state index in [0.29, 0.717) is 11.4 Å². The molecule has 0 fully saturated rings. The van der Waals surface area contributed by atoms with Gasteiger partial charge in [0.05, 0.1) is 24.1 Å². The highest BCUT2D eigenvalue weighted by Gasteiger charge is 2.43. The lowest BCUT2D eigenvalue weighted by molar-refractivity contribution is -0.286. The Kier molecular flexibility index (Phi) is 5.14. The van der Waals surface area contributed by atoms with Gasteiger partial charge in [0.25, 0.3) is 0 Å². The quantitative estimate of drug-likeness (QED) is 0.748. The van der Waals surface area contributed by atoms with Crippen LogP contribution in [0.25, 0.3) is 0 Å². The first-order chi connectivity index (χ1) is 12.5. The minimum Gasteiger partial charge on any atom is -0.395 e. The Labute approximate surface area is 152 Å². The van der Waals surface area contributed by atoms with Crippen molar-refractivity contribution in [1.29, 1.82) is 5.26 Å². The molecule has 0 aromatic heterocycles. The summed E-state index contributed by atoms with van der Waals surface area (Å²) < 4.78 is 34.7. The van der Waals surface area contributed by atoms with Crippen LogP contribution in [-0.4, -0.2) is 24.5 Å². The molecule has 134 valence electrons. The molecule has 0 radical (unpaired) electrons. The highest BCUT2D eigenvalue weighted by atomic mass is 32.2. The molecule has 0 saturated heterocycles. The molecule has 2 aromatic carbocycles. The molecule has 1 amide bonds. The number of anilines is 2. The second-order valence-corrected chi connectivity index (χ2v) is 6.19. The topological polar surface area (TPSA) is 83.4 Å². The molecule has 0 saturated carbocycles. The number of benzene rings is 2. The van der Waals surface area contributed by atoms with Crippen LogP contribution in [-0.2, 0) is 4.79 Å². The fourth-order valence-electron chi connectivity index (χ4n) is 2.24. The SMILES string of the molecule is N#CCSc1ccccc1NC(=O)CNc1ccc2c(c1)OC(F)(F)O2. The Morgan fingerprint density at radius 2 is 1.96 bits per heavy atom. The summed E-state index contributed by atoms with van der Waals surface area (Å²) in [6.07, 6.45) is -3.68. The van der Waals surface area contributed by atoms with E-state index in [1.54, 1.807) is 12.1 Å². The van der Waals surface area contributed by atoms with E-state index in [1.807, 2.05) is 18.2 Å². The van der Waals surface area contributed by atoms with Crippen LogP contribution in [0, 0.1) is 11.3 Å². The summed E-state index contributed by atoms with van der Waals surface area (Å²) in [5, 5.41) is 14.3. The number of halogens is 2. The highest BCUT2D eigenvalue weighted by molar-refractivity contribution is 7.99. The first kappa shape index (κ1) is 17.8. The van der Waals surface area contributed by atoms with E-state index in [9.17, 15) is 13.6 Å². The number of thioether (sulfide) groups is 1. The Morgan fingerprint density at radius 1 is 1.19 bits per heavy atom. The van der Waals surface area contributed by atoms with Gasteiger partial charge in [-0.15, -0.1) is 20.5 Å². The second kappa shape index (κ2) is 7.49. The largest absolute Gasteiger partial charge is 0.586 e. The molecule has 0 atom stereocenters. The number of alkyl halides is 2. The van der Waals surface area contributed by atoms with Crippen molar-refractivity contribution in [3.63, 3.8) is 0 Å². The Bertz CT molecular complexity index is 871. The van der Waals surface area contributed by atoms with Crippen molar-refractivity contribution in [1.82, 2.24) is 0 Å². The number of carbonyl (C=O) groups excluding carboxylic acids is 1. The van der Waals surface area contributed by atoms with Crippen LogP contribution in [0.4, 0.5) is 20.2 Å². The average Bonchev–Trinajstić information content (AvgIpc) is 2.92. The normalized spacial score (nSPS) is 13.7. The summed E-state index contributed by atoms with van der Waals surface area (Å²) in [6.45, 7) is -0.0761. The van der Waals surface area contributed by atoms with Crippen molar-refractivity contribution in [2.75, 3.05) is 22.9 Å². The maximum absolute atomic E-state index is 13.0. The number of fused-ring (bicyclic) bond motifs is 1. The molecule has 1 aliphatic heterocycles. The van der Waals surface area contributed by atoms with Crippen LogP contribution in [0.15, 0.2) is 47.4 Å². The lowest BCUT2D eigenvalue weighted by Gasteiger charge is -2.11. The Balaban J connectivity index is 1.58. The van der Waals surface area contributed by atoms with Gasteiger partial charge in [0.2, 0.25) is 5.91 Å². The van der Waals surface area contributed by atoms with Crippen molar-refractivity contribution >= 4 is 29.0 Å². The van der Waals surface area contributed by atoms with Crippen molar-refractivity contribution in [3.8, 4) is 17.6 Å². The minimum absolute atomic E-state index is 0.0616. The number of nitrogens with zero attached hydrogens (tertiary/aromatic N) is 1. The van der Waals surface area contributed by atoms with Crippen LogP contribution in [0.3, 0.4) is 0 Å². The molecular formula is C17H13F2N3O3S. The van der Waals surface area contributed by atoms with Gasteiger partial charge in [-0.25, -0.2) is 0 Å². The molecule has 9 heteroatoms. The fraction of sp³-hybridized carbons (Fsp3) is 0.176. The number of nitrogens with one attached hydrogen (secondary N) is 2. The molecule has 1 aliphatic rings. The summed E-state index contributed by atoms with van der Waals surface area (Å²) in [6, 6.07) is 13.3. The molecule has 2 aromatic rings. The molecule has 1 heterocycles. The number of para-hydroxylation sites is 1. The van der Waals surface area contributed by atoms with Gasteiger partial charge in [-0.3, -0.25) is 4.79 Å². The van der Waals surface area contributed by atoms with Crippen LogP contribution in [0.5, 0.6) is 11.5 Å². The van der Waals surface area contributed by atoms with E-state index in [4.69, 9.17) is 5.26 Å². The molecule has 0 aliphatic carbocycles. The van der Waals surface area contributed by atoms with E-state index in [0.717, 1.165) is 4.90 Å². The summed E-state index contributed by atoms with van der Waals surface area (Å²) in [4.78, 5) is 12.9. The van der Waals surface area contributed by atoms with Crippen LogP contribution in [0.2, 0.25) is 0 Å². The number of nitriles is 1. The predicted molar refractivity (Wildman–Crippen MR) is 92.5 cm³/mol. The molecule has 0 unspecified atom stereocenters. The minimum atomic E-state index is -3.68. The lowest BCUT2D eigenvalue weighted by atomic mass is 10.2. The number of carbonyl (C=O) groups is 1. The third-order valence-electron chi connectivity index (χ3n) is 3.31. The smallest absolute Gasteiger partial charge is 0.395 e. The van der Waals surface area contributed by atoms with Gasteiger partial charge in [0.15, 0.2) is 11.5 Å². The van der Waals surface area contributed by atoms with Crippen molar-refractivity contribution < 1.29 is 23.0 Å². The molecular weight excluding hydrogens is 364 g/mol. The zero-order valence-corrected chi connectivity index (χ0v) is 14.1. The van der Waals surface area contributed by atoms with Gasteiger partial charge in [0, 0.05) is 16.6 Å². The Morgan fingerprint density at radius 3 is 2.77 bits per heavy atom. The van der Waals surface area contributed by atoms with E-state index in [1.165, 1.54) is 30.0 Å². The van der Waals surface area contributed by atoms with Crippen molar-refractivity contribution in [2.45, 2.75) is 11.2 Å². The Hall–Kier alpha value is -2.99. The number of ether oxygens (including phenoxy) is 2. The number of amides is 1. The van der Waals surface area contributed by atoms with E-state index in [-0.39, 0.29) is 29.7 Å². The van der Waals surface area contributed by atoms with Gasteiger partial charge < -0.3 is 20.1 Å². The van der Waals surface area contributed by atoms with Crippen LogP contribution >= 0.6 is 11.8 Å². The molecule has 6 nitrogen and oxygen atoms in total. The zero-order valence-electron chi connectivity index (χ0n) is 13.3. The zero-order chi connectivity index (χ0) is 18.6. The first-order valence-corrected chi connectivity index (χ1v) is 8.48. The van der Waals surface area contributed by atoms with Crippen molar-refractivity contribution in [3.05, 3.63) is 42.5 Å². The van der Waals surface area contributed by atoms with Gasteiger partial charge in [-0.05, 0) is 24.3 Å². The van der Waals surface area contributed by atoms with E-state index in [2.05, 4.69) is 20.1 Å². The third-order valence-corrected chi connectivity index (χ3v) is 4.25. The summed E-state index contributed by atoms with van der Waals surface area (Å²) in [7, 11) is 0. The van der Waals surface area contributed by atoms with Gasteiger partial charge in [-0.1, -0.05) is 12.1 Å². The molecule has 2 N–H and O–H groups in total. The molecule has 3 rings (SSSR count). The lowest BCUT2D eigenvalue weighted by Crippen LogP contribution is -2.25. The summed E-state index contributed by atoms with van der Waals surface area (Å²) in [5.41, 5.74) is 1.04. The maximum atomic E-state index is 13.0. The monoisotopic (exact) mass is 377 g/mol. The first-order valence-electron chi connectivity index (χ1n) is 7.49. The van der Waals surface area contributed by atoms with Gasteiger partial charge in [-0.2, -0.15) is 5.26 Å². The highest BCUT2D eigenvalue weighted by Crippen LogP contribution is 2.42. The molecule has 0 bridgehead atoms. The molecule has 26 heavy (non-hydrogen) atoms. The fourth-order valence-corrected chi connectivity index (χ4v) is 2.91. The summed E-state index contributed by atoms with van der Waals surface area (Å²) in [5.74, 6) is -0.211. The predicted octanol–water partition coefficient (Wildman–Crippen LogP) is 3.67. The second-order valence-electron chi connectivity index (χ2n) is 5.17. The van der Waals surface area contributed by atoms with E-state index < -0.39 is 6.29 Å². The van der Waals surface area contributed by atoms with E-state index >= 15 is 0 Å². The number of hydrogen-bond donors (Lipinski definition) is 2. The number of hydrogen-bond acceptors (Lipinski definition) is 6. The average molecular weight is 377 g/mol. The third kappa shape index (κ3) is 4.34. The number of rotatable bonds is 6. The van der Waals surface area contributed by atoms with Crippen LogP contribution < -0.4 is 20.1 Å². The van der Waals surface area contributed by atoms with Gasteiger partial charge in [0.1, 0.15) is 0 Å². The molecule has 0 spiro atoms.